The number of hydrogen-bond acceptors (Lipinski definition) is 2. The Hall–Kier alpha value is -0.860. The van der Waals surface area contributed by atoms with Gasteiger partial charge in [0.15, 0.2) is 0 Å². The molecule has 0 aliphatic carbocycles. The number of aliphatic hydroxyl groups is 1. The first-order chi connectivity index (χ1) is 5.26. The van der Waals surface area contributed by atoms with E-state index in [9.17, 15) is 0 Å². The number of hydrogen-bond donors (Lipinski definition) is 2. The van der Waals surface area contributed by atoms with Crippen LogP contribution in [0.2, 0.25) is 0 Å². The summed E-state index contributed by atoms with van der Waals surface area (Å²) in [5.41, 5.74) is 8.62. The molecule has 0 fully saturated rings. The minimum Gasteiger partial charge on any atom is -0.392 e. The first-order valence-corrected chi connectivity index (χ1v) is 3.66. The topological polar surface area (TPSA) is 46.2 Å². The molecule has 0 spiro atoms. The summed E-state index contributed by atoms with van der Waals surface area (Å²) in [5.74, 6) is 0. The van der Waals surface area contributed by atoms with E-state index in [2.05, 4.69) is 0 Å². The number of aryl methyl sites for hydroxylation is 1. The normalized spacial score (nSPS) is 10.1. The van der Waals surface area contributed by atoms with Gasteiger partial charge < -0.3 is 10.8 Å². The van der Waals surface area contributed by atoms with Crippen molar-refractivity contribution in [3.05, 3.63) is 34.9 Å². The van der Waals surface area contributed by atoms with Gasteiger partial charge in [0.05, 0.1) is 6.61 Å². The van der Waals surface area contributed by atoms with Gasteiger partial charge in [-0.1, -0.05) is 23.8 Å². The van der Waals surface area contributed by atoms with Crippen molar-refractivity contribution in [3.63, 3.8) is 0 Å². The highest BCUT2D eigenvalue weighted by Gasteiger charge is 1.94. The lowest BCUT2D eigenvalue weighted by Crippen LogP contribution is -1.98. The highest BCUT2D eigenvalue weighted by molar-refractivity contribution is 5.28. The number of aliphatic hydroxyl groups excluding tert-OH is 1. The van der Waals surface area contributed by atoms with Crippen LogP contribution in [0.5, 0.6) is 0 Å². The Balaban J connectivity index is 3.02. The van der Waals surface area contributed by atoms with E-state index < -0.39 is 0 Å². The zero-order chi connectivity index (χ0) is 8.27. The molecule has 0 aromatic heterocycles. The van der Waals surface area contributed by atoms with Crippen molar-refractivity contribution >= 4 is 0 Å². The Morgan fingerprint density at radius 2 is 1.91 bits per heavy atom. The Labute approximate surface area is 66.7 Å². The van der Waals surface area contributed by atoms with Gasteiger partial charge in [0.1, 0.15) is 0 Å². The van der Waals surface area contributed by atoms with Gasteiger partial charge in [-0.15, -0.1) is 0 Å². The van der Waals surface area contributed by atoms with Crippen LogP contribution in [0, 0.1) is 6.92 Å². The molecule has 0 aliphatic heterocycles. The molecular weight excluding hydrogens is 138 g/mol. The predicted molar refractivity (Wildman–Crippen MR) is 45.0 cm³/mol. The highest BCUT2D eigenvalue weighted by Crippen LogP contribution is 2.08. The molecule has 1 rings (SSSR count). The average Bonchev–Trinajstić information content (AvgIpc) is 2.03. The van der Waals surface area contributed by atoms with Crippen molar-refractivity contribution in [1.29, 1.82) is 0 Å². The van der Waals surface area contributed by atoms with E-state index in [0.717, 1.165) is 16.7 Å². The summed E-state index contributed by atoms with van der Waals surface area (Å²) in [4.78, 5) is 0. The smallest absolute Gasteiger partial charge is 0.0682 e. The average molecular weight is 151 g/mol. The Morgan fingerprint density at radius 1 is 1.27 bits per heavy atom. The van der Waals surface area contributed by atoms with Gasteiger partial charge in [0.25, 0.3) is 0 Å². The van der Waals surface area contributed by atoms with E-state index >= 15 is 0 Å². The summed E-state index contributed by atoms with van der Waals surface area (Å²) >= 11 is 0. The fourth-order valence-corrected chi connectivity index (χ4v) is 1.16. The zero-order valence-electron chi connectivity index (χ0n) is 6.67. The van der Waals surface area contributed by atoms with Gasteiger partial charge in [-0.2, -0.15) is 0 Å². The van der Waals surface area contributed by atoms with Crippen molar-refractivity contribution in [2.75, 3.05) is 0 Å². The van der Waals surface area contributed by atoms with Crippen molar-refractivity contribution in [1.82, 2.24) is 0 Å². The maximum atomic E-state index is 8.84. The van der Waals surface area contributed by atoms with E-state index in [1.54, 1.807) is 0 Å². The van der Waals surface area contributed by atoms with E-state index in [1.165, 1.54) is 0 Å². The van der Waals surface area contributed by atoms with Gasteiger partial charge in [-0.3, -0.25) is 0 Å². The van der Waals surface area contributed by atoms with Crippen molar-refractivity contribution in [2.45, 2.75) is 20.1 Å². The largest absolute Gasteiger partial charge is 0.392 e. The molecule has 60 valence electrons. The first-order valence-electron chi connectivity index (χ1n) is 3.66. The second kappa shape index (κ2) is 3.51. The minimum atomic E-state index is 0.0919. The van der Waals surface area contributed by atoms with Crippen LogP contribution in [-0.2, 0) is 13.2 Å². The molecule has 11 heavy (non-hydrogen) atoms. The molecule has 2 heteroatoms. The monoisotopic (exact) mass is 151 g/mol. The second-order valence-electron chi connectivity index (χ2n) is 2.69. The molecular formula is C9H13NO. The lowest BCUT2D eigenvalue weighted by atomic mass is 10.1. The van der Waals surface area contributed by atoms with Crippen LogP contribution in [0.1, 0.15) is 16.7 Å². The number of nitrogens with two attached hydrogens (primary N) is 1. The summed E-state index contributed by atoms with van der Waals surface area (Å²) in [5, 5.41) is 8.84. The SMILES string of the molecule is Cc1cc(CN)cc(CO)c1. The number of benzene rings is 1. The van der Waals surface area contributed by atoms with Crippen LogP contribution in [0.4, 0.5) is 0 Å². The summed E-state index contributed by atoms with van der Waals surface area (Å²) in [6, 6.07) is 5.91. The van der Waals surface area contributed by atoms with Crippen LogP contribution in [-0.4, -0.2) is 5.11 Å². The van der Waals surface area contributed by atoms with Gasteiger partial charge >= 0.3 is 0 Å². The van der Waals surface area contributed by atoms with Crippen LogP contribution in [0.3, 0.4) is 0 Å². The van der Waals surface area contributed by atoms with E-state index in [1.807, 2.05) is 25.1 Å². The Bertz CT molecular complexity index is 223. The molecule has 1 aromatic carbocycles. The quantitative estimate of drug-likeness (QED) is 0.661. The van der Waals surface area contributed by atoms with Crippen molar-refractivity contribution < 1.29 is 5.11 Å². The third-order valence-corrected chi connectivity index (χ3v) is 1.62. The maximum Gasteiger partial charge on any atom is 0.0682 e. The van der Waals surface area contributed by atoms with Crippen molar-refractivity contribution in [3.8, 4) is 0 Å². The third kappa shape index (κ3) is 2.03. The first kappa shape index (κ1) is 8.24. The molecule has 0 bridgehead atoms. The van der Waals surface area contributed by atoms with Crippen LogP contribution >= 0.6 is 0 Å². The summed E-state index contributed by atoms with van der Waals surface area (Å²) in [6.07, 6.45) is 0. The molecule has 0 aliphatic rings. The molecule has 0 saturated heterocycles. The van der Waals surface area contributed by atoms with E-state index in [4.69, 9.17) is 10.8 Å². The van der Waals surface area contributed by atoms with Gasteiger partial charge in [0, 0.05) is 6.54 Å². The second-order valence-corrected chi connectivity index (χ2v) is 2.69. The van der Waals surface area contributed by atoms with Crippen molar-refractivity contribution in [2.24, 2.45) is 5.73 Å². The lowest BCUT2D eigenvalue weighted by Gasteiger charge is -2.02. The molecule has 3 N–H and O–H groups in total. The lowest BCUT2D eigenvalue weighted by molar-refractivity contribution is 0.281. The van der Waals surface area contributed by atoms with Crippen LogP contribution in [0.15, 0.2) is 18.2 Å². The summed E-state index contributed by atoms with van der Waals surface area (Å²) in [7, 11) is 0. The predicted octanol–water partition coefficient (Wildman–Crippen LogP) is 0.946. The minimum absolute atomic E-state index is 0.0919. The van der Waals surface area contributed by atoms with E-state index in [0.29, 0.717) is 6.54 Å². The molecule has 0 heterocycles. The Morgan fingerprint density at radius 3 is 2.45 bits per heavy atom. The van der Waals surface area contributed by atoms with Gasteiger partial charge in [-0.25, -0.2) is 0 Å². The van der Waals surface area contributed by atoms with E-state index in [-0.39, 0.29) is 6.61 Å². The summed E-state index contributed by atoms with van der Waals surface area (Å²) < 4.78 is 0. The molecule has 1 aromatic rings. The standard InChI is InChI=1S/C9H13NO/c1-7-2-8(5-10)4-9(3-7)6-11/h2-4,11H,5-6,10H2,1H3. The molecule has 0 radical (unpaired) electrons. The zero-order valence-corrected chi connectivity index (χ0v) is 6.67. The molecule has 2 nitrogen and oxygen atoms in total. The maximum absolute atomic E-state index is 8.84. The fourth-order valence-electron chi connectivity index (χ4n) is 1.16. The molecule has 0 unspecified atom stereocenters. The van der Waals surface area contributed by atoms with Crippen LogP contribution < -0.4 is 5.73 Å². The molecule has 0 amide bonds. The van der Waals surface area contributed by atoms with Gasteiger partial charge in [-0.05, 0) is 18.1 Å². The number of rotatable bonds is 2. The molecule has 0 atom stereocenters. The molecule has 0 saturated carbocycles. The third-order valence-electron chi connectivity index (χ3n) is 1.62. The van der Waals surface area contributed by atoms with Gasteiger partial charge in [0.2, 0.25) is 0 Å². The highest BCUT2D eigenvalue weighted by atomic mass is 16.3. The summed E-state index contributed by atoms with van der Waals surface area (Å²) in [6.45, 7) is 2.63. The Kier molecular flexibility index (Phi) is 2.63. The van der Waals surface area contributed by atoms with Crippen LogP contribution in [0.25, 0.3) is 0 Å². The fraction of sp³-hybridized carbons (Fsp3) is 0.333.